The van der Waals surface area contributed by atoms with Crippen molar-refractivity contribution in [2.45, 2.75) is 26.7 Å². The van der Waals surface area contributed by atoms with E-state index < -0.39 is 0 Å². The maximum atomic E-state index is 10.4. The fraction of sp³-hybridized carbons (Fsp3) is 0.714. The van der Waals surface area contributed by atoms with Crippen LogP contribution in [0, 0.1) is 0 Å². The number of rotatable bonds is 4. The second kappa shape index (κ2) is 5.48. The van der Waals surface area contributed by atoms with Crippen molar-refractivity contribution < 1.29 is 4.79 Å². The van der Waals surface area contributed by atoms with Gasteiger partial charge >= 0.3 is 0 Å². The number of ketones is 1. The molecule has 0 saturated carbocycles. The number of aliphatic imine (C=N–C) groups is 1. The van der Waals surface area contributed by atoms with Crippen LogP contribution in [0.1, 0.15) is 26.7 Å². The van der Waals surface area contributed by atoms with Crippen LogP contribution in [-0.4, -0.2) is 18.5 Å². The molecule has 0 amide bonds. The molecule has 0 rings (SSSR count). The van der Waals surface area contributed by atoms with Gasteiger partial charge in [0.2, 0.25) is 0 Å². The topological polar surface area (TPSA) is 29.4 Å². The summed E-state index contributed by atoms with van der Waals surface area (Å²) in [7, 11) is 0. The number of nitrogens with zero attached hydrogens (tertiary/aromatic N) is 1. The summed E-state index contributed by atoms with van der Waals surface area (Å²) >= 11 is 0. The first-order chi connectivity index (χ1) is 4.27. The lowest BCUT2D eigenvalue weighted by Crippen LogP contribution is -1.90. The average molecular weight is 127 g/mol. The Labute approximate surface area is 56.0 Å². The monoisotopic (exact) mass is 127 g/mol. The molecule has 0 spiro atoms. The smallest absolute Gasteiger partial charge is 0.129 e. The molecule has 0 aliphatic heterocycles. The van der Waals surface area contributed by atoms with Crippen molar-refractivity contribution in [2.75, 3.05) is 6.54 Å². The van der Waals surface area contributed by atoms with Crippen LogP contribution in [0.2, 0.25) is 0 Å². The summed E-state index contributed by atoms with van der Waals surface area (Å²) < 4.78 is 0. The first-order valence-electron chi connectivity index (χ1n) is 3.21. The normalized spacial score (nSPS) is 10.4. The third kappa shape index (κ3) is 7.34. The highest BCUT2D eigenvalue weighted by atomic mass is 16.1. The Morgan fingerprint density at radius 1 is 1.67 bits per heavy atom. The highest BCUT2D eigenvalue weighted by molar-refractivity contribution is 5.75. The Morgan fingerprint density at radius 3 is 2.78 bits per heavy atom. The Bertz CT molecular complexity index is 107. The largest absolute Gasteiger partial charge is 0.300 e. The third-order valence-electron chi connectivity index (χ3n) is 0.999. The number of hydrogen-bond donors (Lipinski definition) is 0. The molecule has 0 bridgehead atoms. The van der Waals surface area contributed by atoms with Crippen molar-refractivity contribution in [1.29, 1.82) is 0 Å². The van der Waals surface area contributed by atoms with Gasteiger partial charge in [-0.3, -0.25) is 4.99 Å². The molecular formula is C7H13NO. The van der Waals surface area contributed by atoms with Crippen LogP contribution in [0.3, 0.4) is 0 Å². The van der Waals surface area contributed by atoms with Gasteiger partial charge in [0.15, 0.2) is 0 Å². The van der Waals surface area contributed by atoms with Crippen LogP contribution in [0.15, 0.2) is 4.99 Å². The van der Waals surface area contributed by atoms with Gasteiger partial charge in [-0.15, -0.1) is 0 Å². The Kier molecular flexibility index (Phi) is 5.07. The fourth-order valence-corrected chi connectivity index (χ4v) is 0.548. The fourth-order valence-electron chi connectivity index (χ4n) is 0.548. The molecule has 0 unspecified atom stereocenters. The molecule has 0 aromatic carbocycles. The summed E-state index contributed by atoms with van der Waals surface area (Å²) in [5.41, 5.74) is 0. The van der Waals surface area contributed by atoms with E-state index in [4.69, 9.17) is 0 Å². The van der Waals surface area contributed by atoms with Gasteiger partial charge < -0.3 is 4.79 Å². The molecule has 0 aliphatic carbocycles. The molecule has 2 heteroatoms. The maximum absolute atomic E-state index is 10.4. The van der Waals surface area contributed by atoms with Crippen LogP contribution < -0.4 is 0 Å². The van der Waals surface area contributed by atoms with Gasteiger partial charge in [-0.1, -0.05) is 0 Å². The van der Waals surface area contributed by atoms with Crippen molar-refractivity contribution in [2.24, 2.45) is 4.99 Å². The van der Waals surface area contributed by atoms with Gasteiger partial charge in [0.1, 0.15) is 5.78 Å². The lowest BCUT2D eigenvalue weighted by molar-refractivity contribution is -0.117. The van der Waals surface area contributed by atoms with Gasteiger partial charge in [-0.2, -0.15) is 0 Å². The predicted octanol–water partition coefficient (Wildman–Crippen LogP) is 1.45. The molecule has 0 saturated heterocycles. The highest BCUT2D eigenvalue weighted by Gasteiger charge is 1.89. The van der Waals surface area contributed by atoms with Crippen molar-refractivity contribution in [3.63, 3.8) is 0 Å². The second-order valence-corrected chi connectivity index (χ2v) is 1.97. The van der Waals surface area contributed by atoms with Gasteiger partial charge in [0.25, 0.3) is 0 Å². The summed E-state index contributed by atoms with van der Waals surface area (Å²) in [6.07, 6.45) is 3.32. The van der Waals surface area contributed by atoms with Gasteiger partial charge in [0, 0.05) is 13.0 Å². The summed E-state index contributed by atoms with van der Waals surface area (Å²) in [5, 5.41) is 0. The molecule has 2 nitrogen and oxygen atoms in total. The van der Waals surface area contributed by atoms with Gasteiger partial charge in [0.05, 0.1) is 0 Å². The van der Waals surface area contributed by atoms with E-state index in [9.17, 15) is 4.79 Å². The number of carbonyl (C=O) groups excluding carboxylic acids is 1. The molecule has 52 valence electrons. The van der Waals surface area contributed by atoms with E-state index in [1.807, 2.05) is 6.92 Å². The molecule has 0 fully saturated rings. The van der Waals surface area contributed by atoms with E-state index in [1.165, 1.54) is 0 Å². The zero-order chi connectivity index (χ0) is 7.11. The summed E-state index contributed by atoms with van der Waals surface area (Å²) in [6.45, 7) is 4.28. The number of carbonyl (C=O) groups is 1. The van der Waals surface area contributed by atoms with E-state index in [-0.39, 0.29) is 5.78 Å². The highest BCUT2D eigenvalue weighted by Crippen LogP contribution is 1.89. The van der Waals surface area contributed by atoms with E-state index in [0.717, 1.165) is 13.0 Å². The lowest BCUT2D eigenvalue weighted by Gasteiger charge is -1.89. The molecule has 0 heterocycles. The minimum atomic E-state index is 0.251. The minimum absolute atomic E-state index is 0.251. The van der Waals surface area contributed by atoms with E-state index in [2.05, 4.69) is 4.99 Å². The van der Waals surface area contributed by atoms with Crippen molar-refractivity contribution in [3.8, 4) is 0 Å². The van der Waals surface area contributed by atoms with Gasteiger partial charge in [-0.05, 0) is 26.5 Å². The molecule has 0 atom stereocenters. The summed E-state index contributed by atoms with van der Waals surface area (Å²) in [4.78, 5) is 14.3. The molecule has 0 aliphatic rings. The molecule has 0 radical (unpaired) electrons. The molecule has 0 aromatic heterocycles. The Hall–Kier alpha value is -0.660. The lowest BCUT2D eigenvalue weighted by atomic mass is 10.2. The maximum Gasteiger partial charge on any atom is 0.129 e. The minimum Gasteiger partial charge on any atom is -0.300 e. The Balaban J connectivity index is 3.01. The standard InChI is InChI=1S/C7H13NO/c1-3-8-6-4-5-7(2)9/h3H,4-6H2,1-2H3. The van der Waals surface area contributed by atoms with Crippen molar-refractivity contribution >= 4 is 12.0 Å². The zero-order valence-electron chi connectivity index (χ0n) is 6.05. The van der Waals surface area contributed by atoms with Crippen LogP contribution >= 0.6 is 0 Å². The molecular weight excluding hydrogens is 114 g/mol. The van der Waals surface area contributed by atoms with Crippen molar-refractivity contribution in [1.82, 2.24) is 0 Å². The first-order valence-corrected chi connectivity index (χ1v) is 3.21. The zero-order valence-corrected chi connectivity index (χ0v) is 6.05. The quantitative estimate of drug-likeness (QED) is 0.415. The van der Waals surface area contributed by atoms with Gasteiger partial charge in [-0.25, -0.2) is 0 Å². The third-order valence-corrected chi connectivity index (χ3v) is 0.999. The molecule has 9 heavy (non-hydrogen) atoms. The van der Waals surface area contributed by atoms with E-state index >= 15 is 0 Å². The van der Waals surface area contributed by atoms with E-state index in [1.54, 1.807) is 13.1 Å². The van der Waals surface area contributed by atoms with Crippen LogP contribution in [0.5, 0.6) is 0 Å². The van der Waals surface area contributed by atoms with Crippen LogP contribution in [0.4, 0.5) is 0 Å². The number of Topliss-reactive ketones (excluding diaryl/α,β-unsaturated/α-hetero) is 1. The Morgan fingerprint density at radius 2 is 2.33 bits per heavy atom. The summed E-state index contributed by atoms with van der Waals surface area (Å²) in [5.74, 6) is 0.251. The number of hydrogen-bond acceptors (Lipinski definition) is 2. The first kappa shape index (κ1) is 8.34. The molecule has 0 N–H and O–H groups in total. The molecule has 0 aromatic rings. The SMILES string of the molecule is CC=NCCCC(C)=O. The van der Waals surface area contributed by atoms with Crippen molar-refractivity contribution in [3.05, 3.63) is 0 Å². The van der Waals surface area contributed by atoms with E-state index in [0.29, 0.717) is 6.42 Å². The average Bonchev–Trinajstić information content (AvgIpc) is 1.80. The second-order valence-electron chi connectivity index (χ2n) is 1.97. The van der Waals surface area contributed by atoms with Crippen LogP contribution in [0.25, 0.3) is 0 Å². The summed E-state index contributed by atoms with van der Waals surface area (Å²) in [6, 6.07) is 0. The van der Waals surface area contributed by atoms with Crippen LogP contribution in [-0.2, 0) is 4.79 Å². The predicted molar refractivity (Wildman–Crippen MR) is 38.9 cm³/mol.